The van der Waals surface area contributed by atoms with Crippen LogP contribution < -0.4 is 11.2 Å². The molecule has 1 aromatic rings. The first kappa shape index (κ1) is 9.24. The van der Waals surface area contributed by atoms with Crippen LogP contribution in [0.2, 0.25) is 0 Å². The van der Waals surface area contributed by atoms with Gasteiger partial charge in [0.05, 0.1) is 12.8 Å². The summed E-state index contributed by atoms with van der Waals surface area (Å²) in [4.78, 5) is 28.2. The lowest BCUT2D eigenvalue weighted by atomic mass is 10.6. The highest BCUT2D eigenvalue weighted by Crippen LogP contribution is 1.74. The number of rotatable bonds is 3. The Bertz CT molecular complexity index is 404. The van der Waals surface area contributed by atoms with E-state index < -0.39 is 11.2 Å². The van der Waals surface area contributed by atoms with Crippen molar-refractivity contribution in [2.45, 2.75) is 6.54 Å². The molecule has 0 saturated carbocycles. The average molecular weight is 183 g/mol. The molecule has 6 nitrogen and oxygen atoms in total. The molecule has 0 atom stereocenters. The molecule has 0 aliphatic carbocycles. The third kappa shape index (κ3) is 2.58. The fourth-order valence-corrected chi connectivity index (χ4v) is 0.784. The third-order valence-electron chi connectivity index (χ3n) is 1.36. The second kappa shape index (κ2) is 4.24. The molecular formula is C7H9N3O3. The molecule has 1 rings (SSSR count). The summed E-state index contributed by atoms with van der Waals surface area (Å²) in [7, 11) is 1.41. The second-order valence-corrected chi connectivity index (χ2v) is 2.23. The van der Waals surface area contributed by atoms with Crippen molar-refractivity contribution >= 4 is 6.21 Å². The molecule has 0 fully saturated rings. The minimum absolute atomic E-state index is 0.267. The molecule has 0 saturated heterocycles. The van der Waals surface area contributed by atoms with Crippen LogP contribution in [0.15, 0.2) is 27.0 Å². The Balaban J connectivity index is 2.84. The van der Waals surface area contributed by atoms with Gasteiger partial charge in [-0.2, -0.15) is 0 Å². The monoisotopic (exact) mass is 183 g/mol. The Labute approximate surface area is 73.5 Å². The zero-order valence-electron chi connectivity index (χ0n) is 7.06. The number of hydrogen-bond donors (Lipinski definition) is 1. The van der Waals surface area contributed by atoms with Crippen LogP contribution in [0, 0.1) is 0 Å². The first-order valence-corrected chi connectivity index (χ1v) is 3.59. The molecule has 1 aromatic heterocycles. The summed E-state index contributed by atoms with van der Waals surface area (Å²) in [5.74, 6) is 0. The van der Waals surface area contributed by atoms with Crippen LogP contribution in [-0.2, 0) is 11.4 Å². The molecule has 0 unspecified atom stereocenters. The van der Waals surface area contributed by atoms with E-state index in [0.29, 0.717) is 0 Å². The van der Waals surface area contributed by atoms with Gasteiger partial charge in [-0.05, 0) is 0 Å². The summed E-state index contributed by atoms with van der Waals surface area (Å²) in [6, 6.07) is 1.27. The molecular weight excluding hydrogens is 174 g/mol. The van der Waals surface area contributed by atoms with Crippen LogP contribution in [0.5, 0.6) is 0 Å². The van der Waals surface area contributed by atoms with Gasteiger partial charge in [0.2, 0.25) is 0 Å². The maximum atomic E-state index is 11.0. The summed E-state index contributed by atoms with van der Waals surface area (Å²) in [6.07, 6.45) is 2.81. The number of nitrogens with one attached hydrogen (secondary N) is 1. The van der Waals surface area contributed by atoms with Crippen LogP contribution in [0.3, 0.4) is 0 Å². The number of H-pyrrole nitrogens is 1. The highest BCUT2D eigenvalue weighted by molar-refractivity contribution is 5.55. The van der Waals surface area contributed by atoms with Gasteiger partial charge in [0.15, 0.2) is 0 Å². The number of nitrogens with zero attached hydrogens (tertiary/aromatic N) is 2. The van der Waals surface area contributed by atoms with Crippen LogP contribution in [0.4, 0.5) is 0 Å². The molecule has 0 bridgehead atoms. The molecule has 1 heterocycles. The fraction of sp³-hybridized carbons (Fsp3) is 0.286. The third-order valence-corrected chi connectivity index (χ3v) is 1.36. The van der Waals surface area contributed by atoms with Crippen molar-refractivity contribution in [3.8, 4) is 0 Å². The van der Waals surface area contributed by atoms with Crippen molar-refractivity contribution in [2.24, 2.45) is 5.16 Å². The van der Waals surface area contributed by atoms with Crippen molar-refractivity contribution in [3.05, 3.63) is 33.1 Å². The lowest BCUT2D eigenvalue weighted by molar-refractivity contribution is 0.214. The Hall–Kier alpha value is -1.85. The van der Waals surface area contributed by atoms with E-state index in [9.17, 15) is 9.59 Å². The van der Waals surface area contributed by atoms with E-state index in [1.54, 1.807) is 0 Å². The lowest BCUT2D eigenvalue weighted by Gasteiger charge is -1.97. The van der Waals surface area contributed by atoms with Crippen molar-refractivity contribution in [1.29, 1.82) is 0 Å². The lowest BCUT2D eigenvalue weighted by Crippen LogP contribution is -2.28. The van der Waals surface area contributed by atoms with Crippen LogP contribution in [0.1, 0.15) is 0 Å². The van der Waals surface area contributed by atoms with Gasteiger partial charge in [0, 0.05) is 12.3 Å². The number of hydrogen-bond acceptors (Lipinski definition) is 4. The maximum Gasteiger partial charge on any atom is 0.328 e. The molecule has 0 radical (unpaired) electrons. The van der Waals surface area contributed by atoms with E-state index in [1.165, 1.54) is 30.2 Å². The predicted octanol–water partition coefficient (Wildman–Crippen LogP) is -0.831. The first-order valence-electron chi connectivity index (χ1n) is 3.59. The van der Waals surface area contributed by atoms with Gasteiger partial charge in [-0.15, -0.1) is 0 Å². The maximum absolute atomic E-state index is 11.0. The van der Waals surface area contributed by atoms with E-state index in [0.717, 1.165) is 0 Å². The average Bonchev–Trinajstić information content (AvgIpc) is 2.09. The molecule has 0 aliphatic rings. The van der Waals surface area contributed by atoms with E-state index in [4.69, 9.17) is 0 Å². The molecule has 0 aromatic carbocycles. The molecule has 0 spiro atoms. The number of oxime groups is 1. The van der Waals surface area contributed by atoms with Crippen LogP contribution in [-0.4, -0.2) is 22.9 Å². The summed E-state index contributed by atoms with van der Waals surface area (Å²) in [5.41, 5.74) is -0.875. The molecule has 6 heteroatoms. The highest BCUT2D eigenvalue weighted by atomic mass is 16.6. The van der Waals surface area contributed by atoms with Gasteiger partial charge >= 0.3 is 5.69 Å². The van der Waals surface area contributed by atoms with E-state index in [2.05, 4.69) is 15.0 Å². The van der Waals surface area contributed by atoms with Gasteiger partial charge in [0.1, 0.15) is 7.11 Å². The zero-order chi connectivity index (χ0) is 9.68. The minimum atomic E-state index is -0.463. The molecule has 0 amide bonds. The fourth-order valence-electron chi connectivity index (χ4n) is 0.784. The van der Waals surface area contributed by atoms with Crippen molar-refractivity contribution in [3.63, 3.8) is 0 Å². The Morgan fingerprint density at radius 1 is 1.69 bits per heavy atom. The Kier molecular flexibility index (Phi) is 3.02. The van der Waals surface area contributed by atoms with Crippen molar-refractivity contribution in [1.82, 2.24) is 9.55 Å². The van der Waals surface area contributed by atoms with E-state index in [-0.39, 0.29) is 6.54 Å². The van der Waals surface area contributed by atoms with E-state index in [1.807, 2.05) is 0 Å². The summed E-state index contributed by atoms with van der Waals surface area (Å²) in [6.45, 7) is 0.267. The largest absolute Gasteiger partial charge is 0.399 e. The van der Waals surface area contributed by atoms with Crippen molar-refractivity contribution in [2.75, 3.05) is 7.11 Å². The molecule has 0 aliphatic heterocycles. The standard InChI is InChI=1S/C7H9N3O3/c1-13-8-3-5-10-4-2-6(11)9-7(10)12/h2-4H,5H2,1H3,(H,9,11,12)/b8-3+. The SMILES string of the molecule is CO/N=C/Cn1ccc(=O)[nH]c1=O. The van der Waals surface area contributed by atoms with Crippen LogP contribution >= 0.6 is 0 Å². The van der Waals surface area contributed by atoms with Crippen LogP contribution in [0.25, 0.3) is 0 Å². The van der Waals surface area contributed by atoms with Gasteiger partial charge in [-0.1, -0.05) is 5.16 Å². The summed E-state index contributed by atoms with van der Waals surface area (Å²) in [5, 5.41) is 3.45. The normalized spacial score (nSPS) is 10.5. The van der Waals surface area contributed by atoms with Gasteiger partial charge in [0.25, 0.3) is 5.56 Å². The van der Waals surface area contributed by atoms with Crippen molar-refractivity contribution < 1.29 is 4.84 Å². The number of aromatic amines is 1. The Morgan fingerprint density at radius 2 is 2.46 bits per heavy atom. The smallest absolute Gasteiger partial charge is 0.328 e. The first-order chi connectivity index (χ1) is 6.24. The van der Waals surface area contributed by atoms with E-state index >= 15 is 0 Å². The summed E-state index contributed by atoms with van der Waals surface area (Å²) >= 11 is 0. The Morgan fingerprint density at radius 3 is 3.08 bits per heavy atom. The molecule has 70 valence electrons. The van der Waals surface area contributed by atoms with Gasteiger partial charge in [-0.3, -0.25) is 14.3 Å². The molecule has 13 heavy (non-hydrogen) atoms. The topological polar surface area (TPSA) is 76.5 Å². The predicted molar refractivity (Wildman–Crippen MR) is 46.8 cm³/mol. The summed E-state index contributed by atoms with van der Waals surface area (Å²) < 4.78 is 1.30. The second-order valence-electron chi connectivity index (χ2n) is 2.23. The minimum Gasteiger partial charge on any atom is -0.399 e. The van der Waals surface area contributed by atoms with Gasteiger partial charge in [-0.25, -0.2) is 4.79 Å². The molecule has 1 N–H and O–H groups in total. The zero-order valence-corrected chi connectivity index (χ0v) is 7.06. The number of aromatic nitrogens is 2. The quantitative estimate of drug-likeness (QED) is 0.490. The van der Waals surface area contributed by atoms with Gasteiger partial charge < -0.3 is 4.84 Å². The highest BCUT2D eigenvalue weighted by Gasteiger charge is 1.92.